The number of fused-ring (bicyclic) bond motifs is 1. The highest BCUT2D eigenvalue weighted by molar-refractivity contribution is 6.08. The largest absolute Gasteiger partial charge is 0.351 e. The van der Waals surface area contributed by atoms with Gasteiger partial charge in [0.1, 0.15) is 23.0 Å². The molecule has 3 aromatic rings. The molecule has 0 saturated carbocycles. The zero-order valence-corrected chi connectivity index (χ0v) is 18.6. The first-order chi connectivity index (χ1) is 15.2. The maximum Gasteiger partial charge on any atom is 0.261 e. The molecule has 8 nitrogen and oxygen atoms in total. The summed E-state index contributed by atoms with van der Waals surface area (Å²) in [5.41, 5.74) is 2.58. The first kappa shape index (κ1) is 22.7. The van der Waals surface area contributed by atoms with Crippen LogP contribution in [-0.2, 0) is 4.79 Å². The van der Waals surface area contributed by atoms with Crippen LogP contribution >= 0.6 is 0 Å². The van der Waals surface area contributed by atoms with Crippen LogP contribution in [0.3, 0.4) is 0 Å². The van der Waals surface area contributed by atoms with Crippen molar-refractivity contribution in [2.45, 2.75) is 34.1 Å². The Morgan fingerprint density at radius 2 is 1.94 bits per heavy atom. The van der Waals surface area contributed by atoms with Crippen LogP contribution in [0.4, 0.5) is 11.5 Å². The molecule has 0 spiro atoms. The number of carbonyl (C=O) groups is 2. The van der Waals surface area contributed by atoms with Gasteiger partial charge in [0.2, 0.25) is 0 Å². The molecule has 0 unspecified atom stereocenters. The summed E-state index contributed by atoms with van der Waals surface area (Å²) in [6.07, 6.45) is 5.58. The summed E-state index contributed by atoms with van der Waals surface area (Å²) in [5.74, 6) is 0.106. The third kappa shape index (κ3) is 5.19. The van der Waals surface area contributed by atoms with Crippen molar-refractivity contribution in [1.29, 1.82) is 5.26 Å². The zero-order chi connectivity index (χ0) is 23.3. The van der Waals surface area contributed by atoms with Crippen LogP contribution < -0.4 is 10.6 Å². The molecule has 0 aliphatic carbocycles. The minimum absolute atomic E-state index is 0.0115. The van der Waals surface area contributed by atoms with Gasteiger partial charge in [0.25, 0.3) is 5.91 Å². The number of rotatable bonds is 7. The topological polar surface area (TPSA) is 124 Å². The van der Waals surface area contributed by atoms with E-state index in [1.165, 1.54) is 0 Å². The fourth-order valence-corrected chi connectivity index (χ4v) is 2.99. The van der Waals surface area contributed by atoms with Crippen molar-refractivity contribution in [1.82, 2.24) is 20.3 Å². The number of nitrogens with one attached hydrogen (secondary N) is 3. The number of ketones is 1. The van der Waals surface area contributed by atoms with Gasteiger partial charge in [0, 0.05) is 23.8 Å². The second kappa shape index (κ2) is 9.43. The lowest BCUT2D eigenvalue weighted by molar-refractivity contribution is -0.117. The van der Waals surface area contributed by atoms with Crippen LogP contribution in [0, 0.1) is 16.7 Å². The molecule has 0 bridgehead atoms. The second-order valence-corrected chi connectivity index (χ2v) is 8.41. The molecule has 2 aromatic heterocycles. The minimum Gasteiger partial charge on any atom is -0.351 e. The number of nitriles is 1. The Balaban J connectivity index is 1.79. The SMILES string of the molecule is CCCNC(=O)C(C#N)=Cc1ccc(Nc2cnc3[nH]cc(C(=O)C(C)(C)C)c3n2)cc1. The number of H-pyrrole nitrogens is 1. The number of benzene rings is 1. The molecule has 0 atom stereocenters. The van der Waals surface area contributed by atoms with Crippen LogP contribution in [0.15, 0.2) is 42.2 Å². The molecule has 2 heterocycles. The van der Waals surface area contributed by atoms with E-state index in [1.807, 2.05) is 45.9 Å². The predicted octanol–water partition coefficient (Wildman–Crippen LogP) is 4.36. The Morgan fingerprint density at radius 3 is 2.56 bits per heavy atom. The fourth-order valence-electron chi connectivity index (χ4n) is 2.99. The van der Waals surface area contributed by atoms with Crippen molar-refractivity contribution in [3.63, 3.8) is 0 Å². The van der Waals surface area contributed by atoms with Crippen molar-refractivity contribution in [2.24, 2.45) is 5.41 Å². The van der Waals surface area contributed by atoms with Crippen LogP contribution in [0.1, 0.15) is 50.0 Å². The highest BCUT2D eigenvalue weighted by atomic mass is 16.1. The van der Waals surface area contributed by atoms with Crippen LogP contribution in [0.5, 0.6) is 0 Å². The van der Waals surface area contributed by atoms with Crippen LogP contribution in [0.2, 0.25) is 0 Å². The molecule has 0 aliphatic rings. The van der Waals surface area contributed by atoms with Crippen LogP contribution in [-0.4, -0.2) is 33.2 Å². The summed E-state index contributed by atoms with van der Waals surface area (Å²) < 4.78 is 0. The molecule has 0 fully saturated rings. The van der Waals surface area contributed by atoms with Gasteiger partial charge in [-0.3, -0.25) is 9.59 Å². The third-order valence-corrected chi connectivity index (χ3v) is 4.70. The van der Waals surface area contributed by atoms with E-state index >= 15 is 0 Å². The molecule has 1 aromatic carbocycles. The highest BCUT2D eigenvalue weighted by Crippen LogP contribution is 2.26. The van der Waals surface area contributed by atoms with E-state index in [9.17, 15) is 14.9 Å². The summed E-state index contributed by atoms with van der Waals surface area (Å²) in [5, 5.41) is 15.1. The monoisotopic (exact) mass is 430 g/mol. The van der Waals surface area contributed by atoms with Gasteiger partial charge in [-0.15, -0.1) is 0 Å². The average Bonchev–Trinajstić information content (AvgIpc) is 3.18. The quantitative estimate of drug-likeness (QED) is 0.291. The number of anilines is 2. The summed E-state index contributed by atoms with van der Waals surface area (Å²) in [6, 6.07) is 9.16. The van der Waals surface area contributed by atoms with Gasteiger partial charge in [0.05, 0.1) is 11.8 Å². The number of nitrogens with zero attached hydrogens (tertiary/aromatic N) is 3. The van der Waals surface area contributed by atoms with E-state index in [2.05, 4.69) is 25.6 Å². The van der Waals surface area contributed by atoms with Crippen molar-refractivity contribution in [2.75, 3.05) is 11.9 Å². The van der Waals surface area contributed by atoms with Crippen molar-refractivity contribution in [3.8, 4) is 6.07 Å². The van der Waals surface area contributed by atoms with Gasteiger partial charge in [-0.2, -0.15) is 5.26 Å². The van der Waals surface area contributed by atoms with Crippen molar-refractivity contribution in [3.05, 3.63) is 53.4 Å². The Hall–Kier alpha value is -3.99. The molecule has 3 rings (SSSR count). The number of aromatic nitrogens is 3. The molecule has 1 amide bonds. The van der Waals surface area contributed by atoms with E-state index in [0.717, 1.165) is 17.7 Å². The van der Waals surface area contributed by atoms with E-state index in [1.54, 1.807) is 30.6 Å². The van der Waals surface area contributed by atoms with Crippen LogP contribution in [0.25, 0.3) is 17.2 Å². The first-order valence-corrected chi connectivity index (χ1v) is 10.4. The van der Waals surface area contributed by atoms with Gasteiger partial charge >= 0.3 is 0 Å². The highest BCUT2D eigenvalue weighted by Gasteiger charge is 2.26. The van der Waals surface area contributed by atoms with Crippen molar-refractivity contribution < 1.29 is 9.59 Å². The Labute approximate surface area is 186 Å². The van der Waals surface area contributed by atoms with E-state index in [4.69, 9.17) is 0 Å². The third-order valence-electron chi connectivity index (χ3n) is 4.70. The zero-order valence-electron chi connectivity index (χ0n) is 18.6. The Kier molecular flexibility index (Phi) is 6.69. The number of hydrogen-bond acceptors (Lipinski definition) is 6. The smallest absolute Gasteiger partial charge is 0.261 e. The standard InChI is InChI=1S/C24H26N6O2/c1-5-10-26-23(32)16(12-25)11-15-6-8-17(9-7-15)29-19-14-28-22-20(30-19)18(13-27-22)21(31)24(2,3)4/h6-9,11,13-14H,5,10H2,1-4H3,(H,26,32)(H,27,28)(H,29,30). The molecule has 8 heteroatoms. The molecule has 0 aliphatic heterocycles. The lowest BCUT2D eigenvalue weighted by atomic mass is 9.87. The van der Waals surface area contributed by atoms with E-state index in [-0.39, 0.29) is 17.3 Å². The summed E-state index contributed by atoms with van der Waals surface area (Å²) in [7, 11) is 0. The summed E-state index contributed by atoms with van der Waals surface area (Å²) in [6.45, 7) is 8.07. The molecule has 0 saturated heterocycles. The van der Waals surface area contributed by atoms with E-state index < -0.39 is 5.41 Å². The number of carbonyl (C=O) groups excluding carboxylic acids is 2. The molecule has 32 heavy (non-hydrogen) atoms. The van der Waals surface area contributed by atoms with Gasteiger partial charge in [-0.25, -0.2) is 9.97 Å². The Morgan fingerprint density at radius 1 is 1.22 bits per heavy atom. The lowest BCUT2D eigenvalue weighted by Gasteiger charge is -2.15. The molecule has 3 N–H and O–H groups in total. The molecular formula is C24H26N6O2. The normalized spacial score (nSPS) is 11.8. The minimum atomic E-state index is -0.528. The predicted molar refractivity (Wildman–Crippen MR) is 124 cm³/mol. The summed E-state index contributed by atoms with van der Waals surface area (Å²) in [4.78, 5) is 36.6. The molecule has 164 valence electrons. The molecular weight excluding hydrogens is 404 g/mol. The summed E-state index contributed by atoms with van der Waals surface area (Å²) >= 11 is 0. The number of amides is 1. The fraction of sp³-hybridized carbons (Fsp3) is 0.292. The van der Waals surface area contributed by atoms with Gasteiger partial charge < -0.3 is 15.6 Å². The number of Topliss-reactive ketones (excluding diaryl/α,β-unsaturated/α-hetero) is 1. The second-order valence-electron chi connectivity index (χ2n) is 8.41. The van der Waals surface area contributed by atoms with E-state index in [0.29, 0.717) is 29.1 Å². The van der Waals surface area contributed by atoms with Gasteiger partial charge in [0.15, 0.2) is 11.4 Å². The Bertz CT molecular complexity index is 1210. The maximum absolute atomic E-state index is 12.7. The lowest BCUT2D eigenvalue weighted by Crippen LogP contribution is -2.25. The first-order valence-electron chi connectivity index (χ1n) is 10.4. The van der Waals surface area contributed by atoms with Gasteiger partial charge in [-0.1, -0.05) is 39.8 Å². The van der Waals surface area contributed by atoms with Crippen molar-refractivity contribution >= 4 is 40.4 Å². The number of aromatic amines is 1. The van der Waals surface area contributed by atoms with Gasteiger partial charge in [-0.05, 0) is 30.2 Å². The maximum atomic E-state index is 12.7. The molecule has 0 radical (unpaired) electrons. The average molecular weight is 431 g/mol. The number of hydrogen-bond donors (Lipinski definition) is 3.